The predicted molar refractivity (Wildman–Crippen MR) is 110 cm³/mol. The molecule has 2 unspecified atom stereocenters. The highest BCUT2D eigenvalue weighted by atomic mass is 16.6. The molecule has 2 N–H and O–H groups in total. The van der Waals surface area contributed by atoms with E-state index in [0.29, 0.717) is 38.2 Å². The van der Waals surface area contributed by atoms with Crippen LogP contribution in [-0.4, -0.2) is 82.6 Å². The van der Waals surface area contributed by atoms with E-state index < -0.39 is 17.8 Å². The Morgan fingerprint density at radius 1 is 1.33 bits per heavy atom. The van der Waals surface area contributed by atoms with Crippen LogP contribution >= 0.6 is 0 Å². The minimum absolute atomic E-state index is 0.125. The van der Waals surface area contributed by atoms with Crippen LogP contribution in [0, 0.1) is 0 Å². The molecule has 1 aromatic rings. The van der Waals surface area contributed by atoms with Crippen molar-refractivity contribution in [2.45, 2.75) is 58.0 Å². The Labute approximate surface area is 177 Å². The zero-order chi connectivity index (χ0) is 22.1. The van der Waals surface area contributed by atoms with Crippen LogP contribution in [0.4, 0.5) is 4.79 Å². The number of carbonyl (C=O) groups excluding carboxylic acids is 2. The molecule has 1 fully saturated rings. The minimum atomic E-state index is -0.773. The molecule has 2 heterocycles. The number of esters is 1. The molecule has 8 nitrogen and oxygen atoms in total. The largest absolute Gasteiger partial charge is 0.459 e. The number of cyclic esters (lactones) is 1. The lowest BCUT2D eigenvalue weighted by Crippen LogP contribution is -2.57. The Morgan fingerprint density at radius 3 is 2.73 bits per heavy atom. The van der Waals surface area contributed by atoms with Gasteiger partial charge < -0.3 is 24.6 Å². The van der Waals surface area contributed by atoms with Gasteiger partial charge in [-0.3, -0.25) is 4.90 Å². The van der Waals surface area contributed by atoms with Crippen molar-refractivity contribution in [2.24, 2.45) is 0 Å². The summed E-state index contributed by atoms with van der Waals surface area (Å²) in [6.07, 6.45) is -0.727. The van der Waals surface area contributed by atoms with Crippen LogP contribution in [0.1, 0.15) is 55.3 Å². The fourth-order valence-corrected chi connectivity index (χ4v) is 3.91. The van der Waals surface area contributed by atoms with Crippen LogP contribution in [0.15, 0.2) is 18.2 Å². The summed E-state index contributed by atoms with van der Waals surface area (Å²) in [5, 5.41) is 20.6. The van der Waals surface area contributed by atoms with Gasteiger partial charge in [0, 0.05) is 32.6 Å². The predicted octanol–water partition coefficient (Wildman–Crippen LogP) is 1.73. The fraction of sp³-hybridized carbons (Fsp3) is 0.636. The maximum Gasteiger partial charge on any atom is 0.410 e. The molecule has 8 heteroatoms. The molecular weight excluding hydrogens is 388 g/mol. The zero-order valence-corrected chi connectivity index (χ0v) is 18.1. The first-order chi connectivity index (χ1) is 14.1. The number of ether oxygens (including phenoxy) is 2. The monoisotopic (exact) mass is 420 g/mol. The van der Waals surface area contributed by atoms with E-state index in [4.69, 9.17) is 9.47 Å². The van der Waals surface area contributed by atoms with E-state index in [0.717, 1.165) is 11.1 Å². The van der Waals surface area contributed by atoms with Crippen molar-refractivity contribution in [2.75, 3.05) is 32.8 Å². The van der Waals surface area contributed by atoms with Crippen LogP contribution < -0.4 is 0 Å². The van der Waals surface area contributed by atoms with E-state index in [1.165, 1.54) is 0 Å². The number of piperazine rings is 1. The van der Waals surface area contributed by atoms with Gasteiger partial charge in [-0.15, -0.1) is 0 Å². The number of β-amino-alcohol motifs (C(OH)–C–C–N with tert-alkyl or cyclic N) is 1. The Balaban J connectivity index is 1.64. The van der Waals surface area contributed by atoms with Gasteiger partial charge in [0.15, 0.2) is 0 Å². The average molecular weight is 421 g/mol. The van der Waals surface area contributed by atoms with Crippen molar-refractivity contribution in [3.8, 4) is 0 Å². The van der Waals surface area contributed by atoms with Crippen LogP contribution in [0.3, 0.4) is 0 Å². The lowest BCUT2D eigenvalue weighted by atomic mass is 9.95. The molecule has 0 radical (unpaired) electrons. The fourth-order valence-electron chi connectivity index (χ4n) is 3.91. The Hall–Kier alpha value is -2.16. The highest BCUT2D eigenvalue weighted by Gasteiger charge is 2.33. The van der Waals surface area contributed by atoms with E-state index in [1.807, 2.05) is 38.7 Å². The number of hydrogen-bond donors (Lipinski definition) is 2. The molecule has 2 aliphatic rings. The van der Waals surface area contributed by atoms with E-state index in [2.05, 4.69) is 0 Å². The smallest absolute Gasteiger partial charge is 0.410 e. The summed E-state index contributed by atoms with van der Waals surface area (Å²) in [4.78, 5) is 27.9. The molecule has 0 bridgehead atoms. The Morgan fingerprint density at radius 2 is 2.07 bits per heavy atom. The van der Waals surface area contributed by atoms with Crippen molar-refractivity contribution >= 4 is 12.1 Å². The van der Waals surface area contributed by atoms with Crippen molar-refractivity contribution in [3.05, 3.63) is 34.9 Å². The number of amides is 1. The first-order valence-corrected chi connectivity index (χ1v) is 10.4. The van der Waals surface area contributed by atoms with E-state index in [9.17, 15) is 19.8 Å². The van der Waals surface area contributed by atoms with Gasteiger partial charge in [0.2, 0.25) is 0 Å². The van der Waals surface area contributed by atoms with Gasteiger partial charge in [0.1, 0.15) is 11.7 Å². The quantitative estimate of drug-likeness (QED) is 0.716. The molecule has 1 amide bonds. The number of fused-ring (bicyclic) bond motifs is 1. The van der Waals surface area contributed by atoms with Crippen LogP contribution in [0.25, 0.3) is 0 Å². The number of rotatable bonds is 4. The van der Waals surface area contributed by atoms with Crippen LogP contribution in [0.5, 0.6) is 0 Å². The molecule has 3 atom stereocenters. The maximum absolute atomic E-state index is 12.3. The highest BCUT2D eigenvalue weighted by Crippen LogP contribution is 2.26. The summed E-state index contributed by atoms with van der Waals surface area (Å²) in [5.41, 5.74) is 1.57. The lowest BCUT2D eigenvalue weighted by molar-refractivity contribution is -0.0148. The standard InChI is InChI=1S/C22H32N2O6/c1-14-9-16-10-15(5-6-18(16)20(27)29-14)19(26)12-23-7-8-24(11-17(23)13-25)21(28)30-22(2,3)4/h5-6,10,14,17,19,25-26H,7-9,11-13H2,1-4H3/t14-,17?,19?/m1/s1. The summed E-state index contributed by atoms with van der Waals surface area (Å²) in [7, 11) is 0. The van der Waals surface area contributed by atoms with Gasteiger partial charge in [-0.05, 0) is 44.9 Å². The Bertz CT molecular complexity index is 790. The van der Waals surface area contributed by atoms with Crippen molar-refractivity contribution in [1.29, 1.82) is 0 Å². The molecule has 0 aromatic heterocycles. The second kappa shape index (κ2) is 8.91. The first kappa shape index (κ1) is 22.5. The van der Waals surface area contributed by atoms with Gasteiger partial charge in [-0.25, -0.2) is 9.59 Å². The summed E-state index contributed by atoms with van der Waals surface area (Å²) >= 11 is 0. The molecule has 30 heavy (non-hydrogen) atoms. The maximum atomic E-state index is 12.3. The second-order valence-electron chi connectivity index (χ2n) is 9.11. The molecule has 1 saturated heterocycles. The van der Waals surface area contributed by atoms with Gasteiger partial charge in [-0.2, -0.15) is 0 Å². The third kappa shape index (κ3) is 5.30. The number of carbonyl (C=O) groups is 2. The third-order valence-corrected chi connectivity index (χ3v) is 5.42. The topological polar surface area (TPSA) is 99.5 Å². The lowest BCUT2D eigenvalue weighted by Gasteiger charge is -2.41. The SMILES string of the molecule is C[C@@H]1Cc2cc(C(O)CN3CCN(C(=O)OC(C)(C)C)CC3CO)ccc2C(=O)O1. The number of benzene rings is 1. The van der Waals surface area contributed by atoms with E-state index in [1.54, 1.807) is 17.0 Å². The third-order valence-electron chi connectivity index (χ3n) is 5.42. The van der Waals surface area contributed by atoms with Gasteiger partial charge in [-0.1, -0.05) is 12.1 Å². The average Bonchev–Trinajstić information content (AvgIpc) is 2.66. The summed E-state index contributed by atoms with van der Waals surface area (Å²) in [5.74, 6) is -0.330. The summed E-state index contributed by atoms with van der Waals surface area (Å²) < 4.78 is 10.7. The first-order valence-electron chi connectivity index (χ1n) is 10.4. The molecule has 0 spiro atoms. The highest BCUT2D eigenvalue weighted by molar-refractivity contribution is 5.92. The minimum Gasteiger partial charge on any atom is -0.459 e. The number of aliphatic hydroxyl groups excluding tert-OH is 2. The van der Waals surface area contributed by atoms with Crippen LogP contribution in [-0.2, 0) is 15.9 Å². The second-order valence-corrected chi connectivity index (χ2v) is 9.11. The van der Waals surface area contributed by atoms with Gasteiger partial charge in [0.25, 0.3) is 0 Å². The zero-order valence-electron chi connectivity index (χ0n) is 18.1. The molecular formula is C22H32N2O6. The molecule has 1 aromatic carbocycles. The normalized spacial score (nSPS) is 23.5. The van der Waals surface area contributed by atoms with E-state index in [-0.39, 0.29) is 24.7 Å². The van der Waals surface area contributed by atoms with E-state index >= 15 is 0 Å². The molecule has 3 rings (SSSR count). The molecule has 2 aliphatic heterocycles. The molecule has 0 saturated carbocycles. The number of hydrogen-bond acceptors (Lipinski definition) is 7. The van der Waals surface area contributed by atoms with Gasteiger partial charge >= 0.3 is 12.1 Å². The van der Waals surface area contributed by atoms with Crippen LogP contribution in [0.2, 0.25) is 0 Å². The molecule has 0 aliphatic carbocycles. The summed E-state index contributed by atoms with van der Waals surface area (Å²) in [6.45, 7) is 8.83. The Kier molecular flexibility index (Phi) is 6.69. The number of nitrogens with zero attached hydrogens (tertiary/aromatic N) is 2. The van der Waals surface area contributed by atoms with Crippen molar-refractivity contribution in [3.63, 3.8) is 0 Å². The molecule has 166 valence electrons. The van der Waals surface area contributed by atoms with Crippen molar-refractivity contribution in [1.82, 2.24) is 9.80 Å². The summed E-state index contributed by atoms with van der Waals surface area (Å²) in [6, 6.07) is 5.02. The van der Waals surface area contributed by atoms with Gasteiger partial charge in [0.05, 0.1) is 24.3 Å². The van der Waals surface area contributed by atoms with Crippen molar-refractivity contribution < 1.29 is 29.3 Å². The number of aliphatic hydroxyl groups is 2.